The fourth-order valence-electron chi connectivity index (χ4n) is 1.80. The highest BCUT2D eigenvalue weighted by Crippen LogP contribution is 2.26. The van der Waals surface area contributed by atoms with Crippen molar-refractivity contribution < 1.29 is 9.90 Å². The molecule has 0 aliphatic carbocycles. The number of carbonyl (C=O) groups is 1. The van der Waals surface area contributed by atoms with Crippen molar-refractivity contribution in [2.45, 2.75) is 12.8 Å². The zero-order valence-corrected chi connectivity index (χ0v) is 10.2. The minimum Gasteiger partial charge on any atom is -0.481 e. The van der Waals surface area contributed by atoms with Gasteiger partial charge in [0.1, 0.15) is 0 Å². The highest BCUT2D eigenvalue weighted by atomic mass is 79.9. The fourth-order valence-corrected chi connectivity index (χ4v) is 2.29. The van der Waals surface area contributed by atoms with Gasteiger partial charge in [-0.25, -0.2) is 0 Å². The Hall–Kier alpha value is -1.35. The number of rotatable bonds is 3. The zero-order chi connectivity index (χ0) is 11.5. The predicted octanol–water partition coefficient (Wildman–Crippen LogP) is 3.62. The van der Waals surface area contributed by atoms with E-state index in [9.17, 15) is 4.79 Å². The topological polar surface area (TPSA) is 37.3 Å². The van der Waals surface area contributed by atoms with Crippen LogP contribution in [0.5, 0.6) is 0 Å². The van der Waals surface area contributed by atoms with Crippen molar-refractivity contribution in [2.24, 2.45) is 0 Å². The van der Waals surface area contributed by atoms with Gasteiger partial charge >= 0.3 is 5.97 Å². The maximum atomic E-state index is 10.6. The van der Waals surface area contributed by atoms with E-state index >= 15 is 0 Å². The molecule has 0 bridgehead atoms. The van der Waals surface area contributed by atoms with E-state index in [4.69, 9.17) is 5.11 Å². The van der Waals surface area contributed by atoms with Crippen molar-refractivity contribution in [3.8, 4) is 0 Å². The molecule has 0 aromatic heterocycles. The Morgan fingerprint density at radius 2 is 1.81 bits per heavy atom. The molecule has 0 fully saturated rings. The molecule has 0 heterocycles. The summed E-state index contributed by atoms with van der Waals surface area (Å²) in [6.45, 7) is 0. The van der Waals surface area contributed by atoms with Crippen LogP contribution >= 0.6 is 15.9 Å². The summed E-state index contributed by atoms with van der Waals surface area (Å²) in [5, 5.41) is 10.9. The molecule has 2 nitrogen and oxygen atoms in total. The summed E-state index contributed by atoms with van der Waals surface area (Å²) in [7, 11) is 0. The highest BCUT2D eigenvalue weighted by Gasteiger charge is 2.05. The van der Waals surface area contributed by atoms with Crippen LogP contribution in [0.4, 0.5) is 0 Å². The van der Waals surface area contributed by atoms with Gasteiger partial charge < -0.3 is 5.11 Å². The maximum absolute atomic E-state index is 10.6. The first-order chi connectivity index (χ1) is 7.68. The summed E-state index contributed by atoms with van der Waals surface area (Å²) >= 11 is 3.49. The molecule has 2 aromatic carbocycles. The number of aliphatic carboxylic acids is 1. The van der Waals surface area contributed by atoms with Crippen molar-refractivity contribution in [3.63, 3.8) is 0 Å². The van der Waals surface area contributed by atoms with Gasteiger partial charge in [0.2, 0.25) is 0 Å². The van der Waals surface area contributed by atoms with Crippen molar-refractivity contribution in [3.05, 3.63) is 46.4 Å². The summed E-state index contributed by atoms with van der Waals surface area (Å²) in [5.74, 6) is -0.757. The van der Waals surface area contributed by atoms with Gasteiger partial charge in [0.15, 0.2) is 0 Å². The van der Waals surface area contributed by atoms with Crippen LogP contribution < -0.4 is 0 Å². The third kappa shape index (κ3) is 2.25. The lowest BCUT2D eigenvalue weighted by Crippen LogP contribution is -1.97. The fraction of sp³-hybridized carbons (Fsp3) is 0.154. The zero-order valence-electron chi connectivity index (χ0n) is 8.61. The van der Waals surface area contributed by atoms with E-state index in [-0.39, 0.29) is 6.42 Å². The second-order valence-electron chi connectivity index (χ2n) is 3.65. The number of carboxylic acids is 1. The molecule has 0 amide bonds. The van der Waals surface area contributed by atoms with Gasteiger partial charge in [-0.05, 0) is 28.8 Å². The van der Waals surface area contributed by atoms with Crippen LogP contribution in [-0.2, 0) is 11.2 Å². The van der Waals surface area contributed by atoms with Crippen molar-refractivity contribution in [1.29, 1.82) is 0 Å². The lowest BCUT2D eigenvalue weighted by atomic mass is 10.0. The molecule has 0 aliphatic heterocycles. The van der Waals surface area contributed by atoms with Crippen LogP contribution in [-0.4, -0.2) is 11.1 Å². The largest absolute Gasteiger partial charge is 0.481 e. The van der Waals surface area contributed by atoms with E-state index < -0.39 is 5.97 Å². The number of carboxylic acid groups (broad SMARTS) is 1. The summed E-state index contributed by atoms with van der Waals surface area (Å²) in [6, 6.07) is 12.0. The van der Waals surface area contributed by atoms with Crippen molar-refractivity contribution in [2.75, 3.05) is 0 Å². The van der Waals surface area contributed by atoms with Crippen molar-refractivity contribution in [1.82, 2.24) is 0 Å². The number of fused-ring (bicyclic) bond motifs is 1. The van der Waals surface area contributed by atoms with Gasteiger partial charge in [0.05, 0.1) is 0 Å². The van der Waals surface area contributed by atoms with E-state index in [1.165, 1.54) is 0 Å². The monoisotopic (exact) mass is 278 g/mol. The number of hydrogen-bond acceptors (Lipinski definition) is 1. The summed E-state index contributed by atoms with van der Waals surface area (Å²) in [6.07, 6.45) is 0.745. The van der Waals surface area contributed by atoms with Gasteiger partial charge in [0.25, 0.3) is 0 Å². The maximum Gasteiger partial charge on any atom is 0.303 e. The minimum absolute atomic E-state index is 0.172. The summed E-state index contributed by atoms with van der Waals surface area (Å²) in [5.41, 5.74) is 1.08. The molecular weight excluding hydrogens is 268 g/mol. The Balaban J connectivity index is 2.45. The molecule has 0 unspecified atom stereocenters. The Labute approximate surface area is 102 Å². The van der Waals surface area contributed by atoms with E-state index in [0.29, 0.717) is 6.42 Å². The van der Waals surface area contributed by atoms with Gasteiger partial charge in [-0.2, -0.15) is 0 Å². The van der Waals surface area contributed by atoms with Gasteiger partial charge in [-0.15, -0.1) is 0 Å². The van der Waals surface area contributed by atoms with E-state index in [1.54, 1.807) is 0 Å². The van der Waals surface area contributed by atoms with Crippen LogP contribution in [0, 0.1) is 0 Å². The van der Waals surface area contributed by atoms with E-state index in [2.05, 4.69) is 15.9 Å². The Morgan fingerprint density at radius 3 is 2.56 bits per heavy atom. The molecule has 3 heteroatoms. The number of halogens is 1. The highest BCUT2D eigenvalue weighted by molar-refractivity contribution is 9.10. The van der Waals surface area contributed by atoms with Crippen LogP contribution in [0.1, 0.15) is 12.0 Å². The van der Waals surface area contributed by atoms with E-state index in [0.717, 1.165) is 20.8 Å². The van der Waals surface area contributed by atoms with Crippen LogP contribution in [0.25, 0.3) is 10.8 Å². The second-order valence-corrected chi connectivity index (χ2v) is 4.50. The Bertz CT molecular complexity index is 534. The molecule has 16 heavy (non-hydrogen) atoms. The smallest absolute Gasteiger partial charge is 0.303 e. The Morgan fingerprint density at radius 1 is 1.12 bits per heavy atom. The van der Waals surface area contributed by atoms with Crippen LogP contribution in [0.3, 0.4) is 0 Å². The molecular formula is C13H11BrO2. The Kier molecular flexibility index (Phi) is 3.25. The molecule has 0 radical (unpaired) electrons. The van der Waals surface area contributed by atoms with E-state index in [1.807, 2.05) is 36.4 Å². The number of hydrogen-bond donors (Lipinski definition) is 1. The lowest BCUT2D eigenvalue weighted by molar-refractivity contribution is -0.136. The quantitative estimate of drug-likeness (QED) is 0.931. The molecule has 0 atom stereocenters. The van der Waals surface area contributed by atoms with Gasteiger partial charge in [-0.1, -0.05) is 46.3 Å². The third-order valence-corrected chi connectivity index (χ3v) is 3.26. The van der Waals surface area contributed by atoms with Gasteiger partial charge in [0, 0.05) is 10.9 Å². The van der Waals surface area contributed by atoms with Crippen molar-refractivity contribution >= 4 is 32.7 Å². The molecule has 2 aromatic rings. The molecule has 0 saturated carbocycles. The molecule has 0 spiro atoms. The standard InChI is InChI=1S/C13H11BrO2/c14-12-6-2-4-10-9(7-8-13(15)16)3-1-5-11(10)12/h1-6H,7-8H2,(H,15,16). The van der Waals surface area contributed by atoms with Crippen LogP contribution in [0.15, 0.2) is 40.9 Å². The summed E-state index contributed by atoms with van der Waals surface area (Å²) < 4.78 is 1.04. The summed E-state index contributed by atoms with van der Waals surface area (Å²) in [4.78, 5) is 10.6. The predicted molar refractivity (Wildman–Crippen MR) is 67.6 cm³/mol. The number of benzene rings is 2. The molecule has 1 N–H and O–H groups in total. The third-order valence-electron chi connectivity index (χ3n) is 2.57. The second kappa shape index (κ2) is 4.66. The molecule has 82 valence electrons. The first kappa shape index (κ1) is 11.1. The number of aryl methyl sites for hydroxylation is 1. The first-order valence-corrected chi connectivity index (χ1v) is 5.85. The average molecular weight is 279 g/mol. The lowest BCUT2D eigenvalue weighted by Gasteiger charge is -2.06. The normalized spacial score (nSPS) is 10.6. The average Bonchev–Trinajstić information content (AvgIpc) is 2.27. The SMILES string of the molecule is O=C(O)CCc1cccc2c(Br)cccc12. The van der Waals surface area contributed by atoms with Gasteiger partial charge in [-0.3, -0.25) is 4.79 Å². The molecule has 0 saturated heterocycles. The minimum atomic E-state index is -0.757. The molecule has 2 rings (SSSR count). The molecule has 0 aliphatic rings. The first-order valence-electron chi connectivity index (χ1n) is 5.06. The van der Waals surface area contributed by atoms with Crippen LogP contribution in [0.2, 0.25) is 0 Å².